The highest BCUT2D eigenvalue weighted by atomic mass is 16.6. The van der Waals surface area contributed by atoms with E-state index in [-0.39, 0.29) is 16.8 Å². The normalized spacial score (nSPS) is 21.7. The number of dihydropyridines is 1. The largest absolute Gasteiger partial charge is 0.466 e. The van der Waals surface area contributed by atoms with Crippen molar-refractivity contribution in [1.29, 1.82) is 0 Å². The number of anilines is 1. The summed E-state index contributed by atoms with van der Waals surface area (Å²) >= 11 is 0. The number of hydrogen-bond donors (Lipinski definition) is 2. The fourth-order valence-corrected chi connectivity index (χ4v) is 5.20. The first-order valence-corrected chi connectivity index (χ1v) is 12.3. The second-order valence-corrected chi connectivity index (χ2v) is 10.0. The van der Waals surface area contributed by atoms with Crippen molar-refractivity contribution in [2.75, 3.05) is 25.9 Å². The van der Waals surface area contributed by atoms with Gasteiger partial charge < -0.3 is 20.5 Å². The summed E-state index contributed by atoms with van der Waals surface area (Å²) in [7, 11) is 1.26. The number of carbonyl (C=O) groups is 2. The van der Waals surface area contributed by atoms with Crippen LogP contribution in [0.3, 0.4) is 0 Å². The molecule has 2 aliphatic rings. The molecule has 2 aromatic carbocycles. The van der Waals surface area contributed by atoms with Crippen LogP contribution in [-0.2, 0) is 25.6 Å². The standard InChI is InChI=1S/C28H32N4O6/c1-17-23(26(33)37-4)25(20-6-5-7-22(14-20)32(35)36)24(18(2)30-17)27(34)38-28(3)12-13-31(16-28)15-19-8-10-21(29)11-9-19/h5-11,14,25,30H,12-13,15-16,29H2,1-4H3/t25?,28-/m1/s1. The van der Waals surface area contributed by atoms with Gasteiger partial charge in [0.15, 0.2) is 0 Å². The van der Waals surface area contributed by atoms with Crippen LogP contribution in [-0.4, -0.2) is 47.6 Å². The molecule has 4 rings (SSSR count). The van der Waals surface area contributed by atoms with E-state index in [1.165, 1.54) is 25.3 Å². The summed E-state index contributed by atoms with van der Waals surface area (Å²) in [5.74, 6) is -2.12. The summed E-state index contributed by atoms with van der Waals surface area (Å²) in [4.78, 5) is 39.8. The van der Waals surface area contributed by atoms with Crippen LogP contribution in [0.2, 0.25) is 0 Å². The summed E-state index contributed by atoms with van der Waals surface area (Å²) in [6, 6.07) is 13.6. The molecule has 1 unspecified atom stereocenters. The highest BCUT2D eigenvalue weighted by Gasteiger charge is 2.42. The summed E-state index contributed by atoms with van der Waals surface area (Å²) in [5.41, 5.74) is 8.56. The Morgan fingerprint density at radius 1 is 1.13 bits per heavy atom. The third-order valence-electron chi connectivity index (χ3n) is 7.04. The fraction of sp³-hybridized carbons (Fsp3) is 0.357. The van der Waals surface area contributed by atoms with Gasteiger partial charge in [0.25, 0.3) is 5.69 Å². The molecule has 2 atom stereocenters. The van der Waals surface area contributed by atoms with Crippen LogP contribution in [0.4, 0.5) is 11.4 Å². The van der Waals surface area contributed by atoms with E-state index in [1.54, 1.807) is 19.9 Å². The number of nitrogens with zero attached hydrogens (tertiary/aromatic N) is 2. The molecule has 0 amide bonds. The summed E-state index contributed by atoms with van der Waals surface area (Å²) in [6.07, 6.45) is 0.633. The highest BCUT2D eigenvalue weighted by molar-refractivity contribution is 6.00. The molecule has 10 nitrogen and oxygen atoms in total. The number of nitrogens with two attached hydrogens (primary N) is 1. The molecule has 0 spiro atoms. The molecule has 0 aromatic heterocycles. The number of benzene rings is 2. The zero-order valence-corrected chi connectivity index (χ0v) is 21.9. The molecule has 200 valence electrons. The number of carbonyl (C=O) groups excluding carboxylic acids is 2. The van der Waals surface area contributed by atoms with Crippen molar-refractivity contribution in [3.05, 3.63) is 92.3 Å². The van der Waals surface area contributed by atoms with Crippen LogP contribution in [0.25, 0.3) is 0 Å². The number of nitrogen functional groups attached to an aromatic ring is 1. The molecule has 0 aliphatic carbocycles. The number of methoxy groups -OCH3 is 1. The maximum atomic E-state index is 13.8. The minimum Gasteiger partial charge on any atom is -0.466 e. The number of nitro groups is 1. The molecular formula is C28H32N4O6. The Morgan fingerprint density at radius 2 is 1.79 bits per heavy atom. The van der Waals surface area contributed by atoms with Gasteiger partial charge in [0, 0.05) is 55.3 Å². The van der Waals surface area contributed by atoms with Gasteiger partial charge in [0.1, 0.15) is 5.60 Å². The molecule has 1 fully saturated rings. The van der Waals surface area contributed by atoms with Crippen LogP contribution < -0.4 is 11.1 Å². The minimum atomic E-state index is -0.896. The maximum absolute atomic E-state index is 13.8. The molecule has 1 saturated heterocycles. The molecule has 2 heterocycles. The number of ether oxygens (including phenoxy) is 2. The molecule has 2 aromatic rings. The first kappa shape index (κ1) is 26.9. The molecule has 0 saturated carbocycles. The Hall–Kier alpha value is -4.18. The number of nitrogens with one attached hydrogen (secondary N) is 1. The van der Waals surface area contributed by atoms with E-state index in [0.717, 1.165) is 12.1 Å². The average molecular weight is 521 g/mol. The number of esters is 2. The van der Waals surface area contributed by atoms with Gasteiger partial charge in [-0.25, -0.2) is 9.59 Å². The third-order valence-corrected chi connectivity index (χ3v) is 7.04. The van der Waals surface area contributed by atoms with Crippen molar-refractivity contribution < 1.29 is 24.0 Å². The van der Waals surface area contributed by atoms with E-state index in [2.05, 4.69) is 10.2 Å². The molecule has 3 N–H and O–H groups in total. The molecule has 0 radical (unpaired) electrons. The average Bonchev–Trinajstić information content (AvgIpc) is 3.24. The van der Waals surface area contributed by atoms with Gasteiger partial charge in [0.05, 0.1) is 29.1 Å². The lowest BCUT2D eigenvalue weighted by atomic mass is 9.80. The summed E-state index contributed by atoms with van der Waals surface area (Å²) < 4.78 is 11.1. The van der Waals surface area contributed by atoms with Crippen molar-refractivity contribution in [3.8, 4) is 0 Å². The molecule has 38 heavy (non-hydrogen) atoms. The van der Waals surface area contributed by atoms with E-state index >= 15 is 0 Å². The summed E-state index contributed by atoms with van der Waals surface area (Å²) in [5, 5.41) is 14.6. The van der Waals surface area contributed by atoms with E-state index in [4.69, 9.17) is 15.2 Å². The van der Waals surface area contributed by atoms with E-state index in [0.29, 0.717) is 42.2 Å². The third kappa shape index (κ3) is 5.55. The number of rotatable bonds is 7. The molecule has 10 heteroatoms. The lowest BCUT2D eigenvalue weighted by Crippen LogP contribution is -2.38. The fourth-order valence-electron chi connectivity index (χ4n) is 5.20. The smallest absolute Gasteiger partial charge is 0.337 e. The molecule has 0 bridgehead atoms. The van der Waals surface area contributed by atoms with Gasteiger partial charge in [-0.05, 0) is 44.0 Å². The Balaban J connectivity index is 1.62. The summed E-state index contributed by atoms with van der Waals surface area (Å²) in [6.45, 7) is 7.29. The molecular weight excluding hydrogens is 488 g/mol. The predicted molar refractivity (Wildman–Crippen MR) is 142 cm³/mol. The van der Waals surface area contributed by atoms with E-state index in [1.807, 2.05) is 31.2 Å². The number of nitro benzene ring substituents is 1. The van der Waals surface area contributed by atoms with Crippen molar-refractivity contribution in [1.82, 2.24) is 10.2 Å². The van der Waals surface area contributed by atoms with Gasteiger partial charge in [-0.15, -0.1) is 0 Å². The maximum Gasteiger partial charge on any atom is 0.337 e. The first-order valence-electron chi connectivity index (χ1n) is 12.3. The lowest BCUT2D eigenvalue weighted by Gasteiger charge is -2.32. The monoisotopic (exact) mass is 520 g/mol. The second-order valence-electron chi connectivity index (χ2n) is 10.0. The molecule has 2 aliphatic heterocycles. The van der Waals surface area contributed by atoms with Gasteiger partial charge in [-0.1, -0.05) is 24.3 Å². The predicted octanol–water partition coefficient (Wildman–Crippen LogP) is 3.79. The minimum absolute atomic E-state index is 0.144. The number of non-ortho nitro benzene ring substituents is 1. The van der Waals surface area contributed by atoms with Gasteiger partial charge >= 0.3 is 11.9 Å². The Bertz CT molecular complexity index is 1330. The Kier molecular flexibility index (Phi) is 7.54. The quantitative estimate of drug-likeness (QED) is 0.242. The number of allylic oxidation sites excluding steroid dienone is 2. The number of likely N-dealkylation sites (tertiary alicyclic amines) is 1. The van der Waals surface area contributed by atoms with Crippen LogP contribution in [0.15, 0.2) is 71.1 Å². The van der Waals surface area contributed by atoms with Crippen molar-refractivity contribution in [2.45, 2.75) is 45.3 Å². The van der Waals surface area contributed by atoms with Crippen molar-refractivity contribution >= 4 is 23.3 Å². The Labute approximate surface area is 221 Å². The lowest BCUT2D eigenvalue weighted by molar-refractivity contribution is -0.384. The highest BCUT2D eigenvalue weighted by Crippen LogP contribution is 2.41. The zero-order valence-electron chi connectivity index (χ0n) is 21.9. The first-order chi connectivity index (χ1) is 18.0. The van der Waals surface area contributed by atoms with Crippen molar-refractivity contribution in [3.63, 3.8) is 0 Å². The Morgan fingerprint density at radius 3 is 2.42 bits per heavy atom. The van der Waals surface area contributed by atoms with Crippen molar-refractivity contribution in [2.24, 2.45) is 0 Å². The van der Waals surface area contributed by atoms with E-state index < -0.39 is 28.4 Å². The van der Waals surface area contributed by atoms with E-state index in [9.17, 15) is 19.7 Å². The van der Waals surface area contributed by atoms with Gasteiger partial charge in [-0.3, -0.25) is 15.0 Å². The number of hydrogen-bond acceptors (Lipinski definition) is 9. The van der Waals surface area contributed by atoms with Crippen LogP contribution in [0, 0.1) is 10.1 Å². The van der Waals surface area contributed by atoms with Gasteiger partial charge in [0.2, 0.25) is 0 Å². The van der Waals surface area contributed by atoms with Crippen LogP contribution in [0.5, 0.6) is 0 Å². The van der Waals surface area contributed by atoms with Crippen LogP contribution >= 0.6 is 0 Å². The SMILES string of the molecule is COC(=O)C1=C(C)NC(C)=C(C(=O)O[C@]2(C)CCN(Cc3ccc(N)cc3)C2)C1c1cccc([N+](=O)[O-])c1. The zero-order chi connectivity index (χ0) is 27.6. The second kappa shape index (κ2) is 10.7. The van der Waals surface area contributed by atoms with Crippen LogP contribution in [0.1, 0.15) is 44.2 Å². The van der Waals surface area contributed by atoms with Gasteiger partial charge in [-0.2, -0.15) is 0 Å². The topological polar surface area (TPSA) is 137 Å².